The van der Waals surface area contributed by atoms with Crippen molar-refractivity contribution in [2.45, 2.75) is 31.2 Å². The van der Waals surface area contributed by atoms with Crippen LogP contribution in [-0.4, -0.2) is 56.1 Å². The molecule has 2 fully saturated rings. The van der Waals surface area contributed by atoms with Crippen LogP contribution in [0.2, 0.25) is 0 Å². The molecule has 2 amide bonds. The molecular formula is C33H39N5O3. The minimum atomic E-state index is -0.509. The van der Waals surface area contributed by atoms with Crippen LogP contribution in [0.4, 0.5) is 17.1 Å². The molecule has 1 saturated heterocycles. The molecule has 0 aromatic heterocycles. The number of nitrogens with zero attached hydrogens (tertiary/aromatic N) is 1. The lowest BCUT2D eigenvalue weighted by atomic mass is 10.0. The van der Waals surface area contributed by atoms with Crippen LogP contribution in [0.25, 0.3) is 6.08 Å². The van der Waals surface area contributed by atoms with Gasteiger partial charge in [-0.2, -0.15) is 0 Å². The zero-order valence-corrected chi connectivity index (χ0v) is 23.4. The molecule has 1 unspecified atom stereocenters. The van der Waals surface area contributed by atoms with Crippen LogP contribution in [0.5, 0.6) is 0 Å². The van der Waals surface area contributed by atoms with Gasteiger partial charge in [0.25, 0.3) is 0 Å². The van der Waals surface area contributed by atoms with E-state index in [0.717, 1.165) is 56.1 Å². The van der Waals surface area contributed by atoms with E-state index in [2.05, 4.69) is 33.0 Å². The first kappa shape index (κ1) is 28.5. The topological polar surface area (TPSA) is 109 Å². The molecule has 5 N–H and O–H groups in total. The minimum Gasteiger partial charge on any atom is -0.397 e. The van der Waals surface area contributed by atoms with Gasteiger partial charge in [-0.05, 0) is 85.3 Å². The predicted octanol–water partition coefficient (Wildman–Crippen LogP) is 4.79. The Morgan fingerprint density at radius 1 is 0.951 bits per heavy atom. The molecule has 1 aliphatic heterocycles. The second-order valence-electron chi connectivity index (χ2n) is 10.7. The van der Waals surface area contributed by atoms with Crippen LogP contribution in [0.3, 0.4) is 0 Å². The van der Waals surface area contributed by atoms with E-state index in [-0.39, 0.29) is 11.8 Å². The Balaban J connectivity index is 1.21. The Kier molecular flexibility index (Phi) is 9.80. The number of benzene rings is 3. The molecule has 1 heterocycles. The summed E-state index contributed by atoms with van der Waals surface area (Å²) >= 11 is 0. The third-order valence-corrected chi connectivity index (χ3v) is 7.51. The average molecular weight is 554 g/mol. The Hall–Kier alpha value is -3.98. The number of nitrogens with two attached hydrogens (primary N) is 1. The molecule has 3 aromatic rings. The molecule has 8 heteroatoms. The molecule has 3 aromatic carbocycles. The first-order valence-corrected chi connectivity index (χ1v) is 14.4. The van der Waals surface area contributed by atoms with E-state index in [1.807, 2.05) is 48.5 Å². The fourth-order valence-electron chi connectivity index (χ4n) is 4.96. The SMILES string of the molecule is Nc1ccccc1NC(=O)C=Cc1ccc(C(NCCCN2CCOCC2)C(=O)Nc2ccc(C3CC3)cc2)cc1. The Morgan fingerprint density at radius 3 is 2.39 bits per heavy atom. The van der Waals surface area contributed by atoms with Gasteiger partial charge < -0.3 is 26.4 Å². The number of morpholine rings is 1. The summed E-state index contributed by atoms with van der Waals surface area (Å²) in [6.07, 6.45) is 6.65. The monoisotopic (exact) mass is 553 g/mol. The van der Waals surface area contributed by atoms with Gasteiger partial charge in [0, 0.05) is 24.9 Å². The number of rotatable bonds is 12. The summed E-state index contributed by atoms with van der Waals surface area (Å²) < 4.78 is 5.44. The van der Waals surface area contributed by atoms with Gasteiger partial charge in [0.05, 0.1) is 24.6 Å². The van der Waals surface area contributed by atoms with Crippen molar-refractivity contribution in [2.24, 2.45) is 0 Å². The molecule has 0 radical (unpaired) electrons. The summed E-state index contributed by atoms with van der Waals surface area (Å²) in [5.74, 6) is 0.313. The number of nitrogens with one attached hydrogen (secondary N) is 3. The van der Waals surface area contributed by atoms with E-state index in [4.69, 9.17) is 10.5 Å². The van der Waals surface area contributed by atoms with E-state index in [0.29, 0.717) is 23.8 Å². The van der Waals surface area contributed by atoms with Gasteiger partial charge in [-0.15, -0.1) is 0 Å². The summed E-state index contributed by atoms with van der Waals surface area (Å²) in [5, 5.41) is 9.36. The van der Waals surface area contributed by atoms with E-state index >= 15 is 0 Å². The molecule has 0 bridgehead atoms. The number of carbonyl (C=O) groups excluding carboxylic acids is 2. The third kappa shape index (κ3) is 8.50. The molecule has 41 heavy (non-hydrogen) atoms. The van der Waals surface area contributed by atoms with Crippen molar-refractivity contribution in [3.8, 4) is 0 Å². The number of amides is 2. The van der Waals surface area contributed by atoms with Crippen molar-refractivity contribution in [1.82, 2.24) is 10.2 Å². The first-order valence-electron chi connectivity index (χ1n) is 14.4. The number of para-hydroxylation sites is 2. The molecular weight excluding hydrogens is 514 g/mol. The lowest BCUT2D eigenvalue weighted by molar-refractivity contribution is -0.118. The molecule has 5 rings (SSSR count). The standard InChI is InChI=1S/C33H39N5O3/c34-29-4-1-2-5-30(29)37-31(39)17-8-24-6-9-27(10-7-24)32(35-18-3-19-38-20-22-41-23-21-38)33(40)36-28-15-13-26(14-16-28)25-11-12-25/h1-2,4-10,13-17,25,32,35H,3,11-12,18-23,34H2,(H,36,40)(H,37,39). The Bertz CT molecular complexity index is 1330. The van der Waals surface area contributed by atoms with Gasteiger partial charge in [0.15, 0.2) is 0 Å². The summed E-state index contributed by atoms with van der Waals surface area (Å²) in [4.78, 5) is 28.2. The number of nitrogen functional groups attached to an aromatic ring is 1. The highest BCUT2D eigenvalue weighted by molar-refractivity contribution is 6.03. The van der Waals surface area contributed by atoms with E-state index < -0.39 is 6.04 Å². The van der Waals surface area contributed by atoms with Crippen LogP contribution in [0.1, 0.15) is 47.9 Å². The number of ether oxygens (including phenoxy) is 1. The molecule has 1 saturated carbocycles. The molecule has 1 aliphatic carbocycles. The van der Waals surface area contributed by atoms with Gasteiger partial charge in [-0.1, -0.05) is 48.5 Å². The maximum atomic E-state index is 13.5. The van der Waals surface area contributed by atoms with Crippen LogP contribution >= 0.6 is 0 Å². The van der Waals surface area contributed by atoms with Crippen LogP contribution < -0.4 is 21.7 Å². The van der Waals surface area contributed by atoms with Crippen LogP contribution in [0, 0.1) is 0 Å². The van der Waals surface area contributed by atoms with E-state index in [1.165, 1.54) is 24.5 Å². The van der Waals surface area contributed by atoms with E-state index in [9.17, 15) is 9.59 Å². The number of hydrogen-bond donors (Lipinski definition) is 4. The van der Waals surface area contributed by atoms with Crippen molar-refractivity contribution in [3.05, 3.63) is 95.6 Å². The lowest BCUT2D eigenvalue weighted by Crippen LogP contribution is -2.39. The fourth-order valence-corrected chi connectivity index (χ4v) is 4.96. The van der Waals surface area contributed by atoms with Gasteiger partial charge in [0.1, 0.15) is 6.04 Å². The quantitative estimate of drug-likeness (QED) is 0.146. The highest BCUT2D eigenvalue weighted by Gasteiger charge is 2.24. The van der Waals surface area contributed by atoms with Gasteiger partial charge in [-0.25, -0.2) is 0 Å². The zero-order valence-electron chi connectivity index (χ0n) is 23.4. The molecule has 2 aliphatic rings. The minimum absolute atomic E-state index is 0.0985. The van der Waals surface area contributed by atoms with Crippen molar-refractivity contribution in [3.63, 3.8) is 0 Å². The van der Waals surface area contributed by atoms with Crippen molar-refractivity contribution >= 4 is 35.0 Å². The summed E-state index contributed by atoms with van der Waals surface area (Å²) in [7, 11) is 0. The number of anilines is 3. The molecule has 214 valence electrons. The Labute approximate surface area is 242 Å². The van der Waals surface area contributed by atoms with Crippen LogP contribution in [0.15, 0.2) is 78.9 Å². The second-order valence-corrected chi connectivity index (χ2v) is 10.7. The smallest absolute Gasteiger partial charge is 0.248 e. The van der Waals surface area contributed by atoms with Crippen molar-refractivity contribution < 1.29 is 14.3 Å². The average Bonchev–Trinajstić information content (AvgIpc) is 3.84. The zero-order chi connectivity index (χ0) is 28.4. The molecule has 1 atom stereocenters. The Morgan fingerprint density at radius 2 is 1.68 bits per heavy atom. The predicted molar refractivity (Wildman–Crippen MR) is 165 cm³/mol. The molecule has 8 nitrogen and oxygen atoms in total. The fraction of sp³-hybridized carbons (Fsp3) is 0.333. The maximum Gasteiger partial charge on any atom is 0.248 e. The lowest BCUT2D eigenvalue weighted by Gasteiger charge is -2.27. The number of carbonyl (C=O) groups is 2. The highest BCUT2D eigenvalue weighted by atomic mass is 16.5. The van der Waals surface area contributed by atoms with E-state index in [1.54, 1.807) is 18.2 Å². The summed E-state index contributed by atoms with van der Waals surface area (Å²) in [5.41, 5.74) is 10.9. The summed E-state index contributed by atoms with van der Waals surface area (Å²) in [6, 6.07) is 22.5. The summed E-state index contributed by atoms with van der Waals surface area (Å²) in [6.45, 7) is 5.13. The molecule has 0 spiro atoms. The van der Waals surface area contributed by atoms with Gasteiger partial charge in [0.2, 0.25) is 11.8 Å². The van der Waals surface area contributed by atoms with Crippen LogP contribution in [-0.2, 0) is 14.3 Å². The first-order chi connectivity index (χ1) is 20.0. The van der Waals surface area contributed by atoms with Gasteiger partial charge >= 0.3 is 0 Å². The van der Waals surface area contributed by atoms with Gasteiger partial charge in [-0.3, -0.25) is 14.5 Å². The highest BCUT2D eigenvalue weighted by Crippen LogP contribution is 2.40. The van der Waals surface area contributed by atoms with Crippen molar-refractivity contribution in [2.75, 3.05) is 55.8 Å². The largest absolute Gasteiger partial charge is 0.397 e. The second kappa shape index (κ2) is 14.1. The maximum absolute atomic E-state index is 13.5. The van der Waals surface area contributed by atoms with Crippen molar-refractivity contribution in [1.29, 1.82) is 0 Å². The third-order valence-electron chi connectivity index (χ3n) is 7.51. The number of hydrogen-bond acceptors (Lipinski definition) is 6. The normalized spacial score (nSPS) is 16.4.